The van der Waals surface area contributed by atoms with Crippen molar-refractivity contribution in [1.82, 2.24) is 0 Å². The number of ether oxygens (including phenoxy) is 2. The first kappa shape index (κ1) is 15.3. The molecule has 0 saturated heterocycles. The van der Waals surface area contributed by atoms with E-state index in [1.807, 2.05) is 30.3 Å². The van der Waals surface area contributed by atoms with Crippen molar-refractivity contribution in [3.63, 3.8) is 0 Å². The summed E-state index contributed by atoms with van der Waals surface area (Å²) in [5.41, 5.74) is 5.85. The second-order valence-electron chi connectivity index (χ2n) is 5.75. The lowest BCUT2D eigenvalue weighted by molar-refractivity contribution is -0.0789. The maximum Gasteiger partial charge on any atom is 0.119 e. The van der Waals surface area contributed by atoms with Gasteiger partial charge in [0.2, 0.25) is 0 Å². The minimum Gasteiger partial charge on any atom is -0.491 e. The number of nitrogens with two attached hydrogens (primary N) is 1. The molecule has 0 atom stereocenters. The molecule has 3 heteroatoms. The van der Waals surface area contributed by atoms with Gasteiger partial charge in [0.25, 0.3) is 0 Å². The van der Waals surface area contributed by atoms with Crippen molar-refractivity contribution in [2.24, 2.45) is 11.7 Å². The summed E-state index contributed by atoms with van der Waals surface area (Å²) >= 11 is 0. The summed E-state index contributed by atoms with van der Waals surface area (Å²) < 4.78 is 11.7. The van der Waals surface area contributed by atoms with E-state index in [1.54, 1.807) is 0 Å². The Labute approximate surface area is 122 Å². The molecule has 1 aliphatic rings. The Morgan fingerprint density at radius 2 is 1.85 bits per heavy atom. The topological polar surface area (TPSA) is 44.5 Å². The van der Waals surface area contributed by atoms with Crippen molar-refractivity contribution in [1.29, 1.82) is 0 Å². The summed E-state index contributed by atoms with van der Waals surface area (Å²) in [5.74, 6) is 1.76. The highest BCUT2D eigenvalue weighted by Crippen LogP contribution is 2.35. The maximum absolute atomic E-state index is 6.08. The number of hydrogen-bond donors (Lipinski definition) is 1. The Bertz CT molecular complexity index is 372. The largest absolute Gasteiger partial charge is 0.491 e. The van der Waals surface area contributed by atoms with Gasteiger partial charge in [0, 0.05) is 6.54 Å². The van der Waals surface area contributed by atoms with E-state index >= 15 is 0 Å². The quantitative estimate of drug-likeness (QED) is 0.777. The van der Waals surface area contributed by atoms with Crippen molar-refractivity contribution >= 4 is 0 Å². The zero-order valence-electron chi connectivity index (χ0n) is 12.5. The summed E-state index contributed by atoms with van der Waals surface area (Å²) in [6.07, 6.45) is 5.94. The Morgan fingerprint density at radius 1 is 1.15 bits per heavy atom. The average Bonchev–Trinajstić information content (AvgIpc) is 2.53. The van der Waals surface area contributed by atoms with Crippen LogP contribution in [0.1, 0.15) is 39.0 Å². The molecule has 1 saturated carbocycles. The van der Waals surface area contributed by atoms with Crippen LogP contribution < -0.4 is 10.5 Å². The molecule has 1 aromatic rings. The van der Waals surface area contributed by atoms with Crippen LogP contribution in [0.25, 0.3) is 0 Å². The van der Waals surface area contributed by atoms with Crippen molar-refractivity contribution in [2.45, 2.75) is 44.6 Å². The van der Waals surface area contributed by atoms with Crippen molar-refractivity contribution < 1.29 is 9.47 Å². The highest BCUT2D eigenvalue weighted by atomic mass is 16.5. The van der Waals surface area contributed by atoms with E-state index in [4.69, 9.17) is 15.2 Å². The third-order valence-corrected chi connectivity index (χ3v) is 4.47. The highest BCUT2D eigenvalue weighted by Gasteiger charge is 2.34. The molecule has 0 radical (unpaired) electrons. The summed E-state index contributed by atoms with van der Waals surface area (Å²) in [4.78, 5) is 0. The fourth-order valence-electron chi connectivity index (χ4n) is 2.95. The first-order chi connectivity index (χ1) is 9.78. The van der Waals surface area contributed by atoms with Gasteiger partial charge in [0.1, 0.15) is 12.4 Å². The molecule has 0 heterocycles. The van der Waals surface area contributed by atoms with Gasteiger partial charge in [-0.1, -0.05) is 31.5 Å². The van der Waals surface area contributed by atoms with Gasteiger partial charge in [0.05, 0.1) is 12.2 Å². The number of benzene rings is 1. The molecular formula is C17H27NO2. The van der Waals surface area contributed by atoms with E-state index in [-0.39, 0.29) is 5.60 Å². The zero-order chi connectivity index (χ0) is 14.3. The fraction of sp³-hybridized carbons (Fsp3) is 0.647. The minimum atomic E-state index is -0.105. The Balaban J connectivity index is 1.71. The molecule has 2 rings (SSSR count). The van der Waals surface area contributed by atoms with E-state index in [9.17, 15) is 0 Å². The van der Waals surface area contributed by atoms with E-state index in [0.29, 0.717) is 19.8 Å². The lowest BCUT2D eigenvalue weighted by Gasteiger charge is -2.39. The molecule has 0 aromatic heterocycles. The van der Waals surface area contributed by atoms with Crippen LogP contribution in [0, 0.1) is 5.92 Å². The highest BCUT2D eigenvalue weighted by molar-refractivity contribution is 5.20. The standard InChI is InChI=1S/C17H27NO2/c1-2-15-8-10-17(14-18,11-9-15)20-13-12-19-16-6-4-3-5-7-16/h3-7,15H,2,8-14,18H2,1H3. The molecule has 20 heavy (non-hydrogen) atoms. The molecule has 2 N–H and O–H groups in total. The van der Waals surface area contributed by atoms with Crippen LogP contribution in [0.4, 0.5) is 0 Å². The first-order valence-corrected chi connectivity index (χ1v) is 7.80. The molecule has 1 aromatic carbocycles. The molecule has 112 valence electrons. The predicted molar refractivity (Wildman–Crippen MR) is 81.9 cm³/mol. The van der Waals surface area contributed by atoms with Gasteiger partial charge in [-0.25, -0.2) is 0 Å². The van der Waals surface area contributed by atoms with Crippen LogP contribution in [0.3, 0.4) is 0 Å². The van der Waals surface area contributed by atoms with Gasteiger partial charge >= 0.3 is 0 Å². The molecule has 3 nitrogen and oxygen atoms in total. The summed E-state index contributed by atoms with van der Waals surface area (Å²) in [7, 11) is 0. The predicted octanol–water partition coefficient (Wildman–Crippen LogP) is 3.38. The molecule has 0 spiro atoms. The number of hydrogen-bond acceptors (Lipinski definition) is 3. The summed E-state index contributed by atoms with van der Waals surface area (Å²) in [5, 5.41) is 0. The van der Waals surface area contributed by atoms with E-state index < -0.39 is 0 Å². The second-order valence-corrected chi connectivity index (χ2v) is 5.75. The first-order valence-electron chi connectivity index (χ1n) is 7.80. The summed E-state index contributed by atoms with van der Waals surface area (Å²) in [6, 6.07) is 9.86. The van der Waals surface area contributed by atoms with Gasteiger partial charge in [0.15, 0.2) is 0 Å². The van der Waals surface area contributed by atoms with Crippen molar-refractivity contribution in [3.8, 4) is 5.75 Å². The fourth-order valence-corrected chi connectivity index (χ4v) is 2.95. The minimum absolute atomic E-state index is 0.105. The number of rotatable bonds is 7. The van der Waals surface area contributed by atoms with Crippen molar-refractivity contribution in [2.75, 3.05) is 19.8 Å². The van der Waals surface area contributed by atoms with Gasteiger partial charge in [-0.3, -0.25) is 0 Å². The maximum atomic E-state index is 6.08. The van der Waals surface area contributed by atoms with E-state index in [2.05, 4.69) is 6.92 Å². The van der Waals surface area contributed by atoms with Crippen molar-refractivity contribution in [3.05, 3.63) is 30.3 Å². The molecule has 1 fully saturated rings. The molecule has 0 unspecified atom stereocenters. The van der Waals surface area contributed by atoms with E-state index in [0.717, 1.165) is 24.5 Å². The molecule has 1 aliphatic carbocycles. The SMILES string of the molecule is CCC1CCC(CN)(OCCOc2ccccc2)CC1. The lowest BCUT2D eigenvalue weighted by atomic mass is 9.77. The lowest BCUT2D eigenvalue weighted by Crippen LogP contribution is -2.44. The van der Waals surface area contributed by atoms with Gasteiger partial charge in [-0.15, -0.1) is 0 Å². The molecular weight excluding hydrogens is 250 g/mol. The molecule has 0 amide bonds. The third-order valence-electron chi connectivity index (χ3n) is 4.47. The average molecular weight is 277 g/mol. The zero-order valence-corrected chi connectivity index (χ0v) is 12.5. The smallest absolute Gasteiger partial charge is 0.119 e. The normalized spacial score (nSPS) is 26.4. The van der Waals surface area contributed by atoms with Gasteiger partial charge in [-0.2, -0.15) is 0 Å². The Kier molecular flexibility index (Phi) is 5.86. The van der Waals surface area contributed by atoms with Gasteiger partial charge in [-0.05, 0) is 43.7 Å². The summed E-state index contributed by atoms with van der Waals surface area (Å²) in [6.45, 7) is 4.09. The number of para-hydroxylation sites is 1. The van der Waals surface area contributed by atoms with Crippen LogP contribution in [0.2, 0.25) is 0 Å². The Morgan fingerprint density at radius 3 is 2.45 bits per heavy atom. The third kappa shape index (κ3) is 4.22. The van der Waals surface area contributed by atoms with E-state index in [1.165, 1.54) is 19.3 Å². The van der Waals surface area contributed by atoms with Crippen LogP contribution in [-0.4, -0.2) is 25.4 Å². The second kappa shape index (κ2) is 7.65. The van der Waals surface area contributed by atoms with Gasteiger partial charge < -0.3 is 15.2 Å². The van der Waals surface area contributed by atoms with Crippen LogP contribution in [-0.2, 0) is 4.74 Å². The monoisotopic (exact) mass is 277 g/mol. The Hall–Kier alpha value is -1.06. The van der Waals surface area contributed by atoms with Crippen LogP contribution in [0.5, 0.6) is 5.75 Å². The van der Waals surface area contributed by atoms with Crippen LogP contribution >= 0.6 is 0 Å². The molecule has 0 aliphatic heterocycles. The van der Waals surface area contributed by atoms with Crippen LogP contribution in [0.15, 0.2) is 30.3 Å². The molecule has 0 bridgehead atoms.